The normalized spacial score (nSPS) is 20.1. The van der Waals surface area contributed by atoms with E-state index >= 15 is 0 Å². The summed E-state index contributed by atoms with van der Waals surface area (Å²) in [6.07, 6.45) is 7.02. The third kappa shape index (κ3) is 5.63. The van der Waals surface area contributed by atoms with Crippen LogP contribution in [0, 0.1) is 18.8 Å². The molecule has 0 aliphatic heterocycles. The highest BCUT2D eigenvalue weighted by atomic mass is 16.5. The lowest BCUT2D eigenvalue weighted by molar-refractivity contribution is -0.163. The summed E-state index contributed by atoms with van der Waals surface area (Å²) in [6, 6.07) is 12.7. The fraction of sp³-hybridized carbons (Fsp3) is 0.481. The zero-order valence-corrected chi connectivity index (χ0v) is 19.6. The number of carboxylic acid groups (broad SMARTS) is 1. The number of aryl methyl sites for hydroxylation is 1. The molecule has 0 amide bonds. The fourth-order valence-corrected chi connectivity index (χ4v) is 4.66. The van der Waals surface area contributed by atoms with Crippen molar-refractivity contribution in [3.63, 3.8) is 0 Å². The Morgan fingerprint density at radius 1 is 1.21 bits per heavy atom. The average molecular weight is 452 g/mol. The van der Waals surface area contributed by atoms with Crippen molar-refractivity contribution in [1.82, 2.24) is 4.98 Å². The molecule has 6 heteroatoms. The molecule has 4 rings (SSSR count). The van der Waals surface area contributed by atoms with E-state index in [-0.39, 0.29) is 6.10 Å². The molecule has 1 unspecified atom stereocenters. The molecule has 1 fully saturated rings. The lowest BCUT2D eigenvalue weighted by atomic mass is 9.82. The van der Waals surface area contributed by atoms with E-state index in [1.165, 1.54) is 22.7 Å². The monoisotopic (exact) mass is 451 g/mol. The number of ether oxygens (including phenoxy) is 2. The van der Waals surface area contributed by atoms with Crippen LogP contribution < -0.4 is 0 Å². The minimum absolute atomic E-state index is 0.295. The molecule has 1 aromatic heterocycles. The molecule has 1 aliphatic carbocycles. The Morgan fingerprint density at radius 2 is 2.00 bits per heavy atom. The predicted octanol–water partition coefficient (Wildman–Crippen LogP) is 5.93. The highest BCUT2D eigenvalue weighted by Crippen LogP contribution is 2.34. The van der Waals surface area contributed by atoms with Crippen molar-refractivity contribution in [3.05, 3.63) is 65.9 Å². The van der Waals surface area contributed by atoms with E-state index in [1.807, 2.05) is 0 Å². The summed E-state index contributed by atoms with van der Waals surface area (Å²) >= 11 is 0. The van der Waals surface area contributed by atoms with Crippen molar-refractivity contribution in [2.24, 2.45) is 11.8 Å². The van der Waals surface area contributed by atoms with Crippen LogP contribution >= 0.6 is 0 Å². The Balaban J connectivity index is 1.43. The summed E-state index contributed by atoms with van der Waals surface area (Å²) in [5.41, 5.74) is 1.91. The molecule has 0 spiro atoms. The van der Waals surface area contributed by atoms with Gasteiger partial charge in [0.05, 0.1) is 13.2 Å². The van der Waals surface area contributed by atoms with Crippen molar-refractivity contribution in [2.45, 2.75) is 58.2 Å². The van der Waals surface area contributed by atoms with Gasteiger partial charge in [-0.1, -0.05) is 36.8 Å². The van der Waals surface area contributed by atoms with Gasteiger partial charge in [-0.15, -0.1) is 0 Å². The Kier molecular flexibility index (Phi) is 7.15. The molecule has 3 aromatic rings. The largest absolute Gasteiger partial charge is 0.479 e. The van der Waals surface area contributed by atoms with Gasteiger partial charge in [-0.25, -0.2) is 9.78 Å². The van der Waals surface area contributed by atoms with Gasteiger partial charge in [0.15, 0.2) is 12.0 Å². The van der Waals surface area contributed by atoms with Gasteiger partial charge in [0.1, 0.15) is 18.1 Å². The first-order chi connectivity index (χ1) is 15.8. The number of aromatic nitrogens is 1. The van der Waals surface area contributed by atoms with Gasteiger partial charge in [-0.3, -0.25) is 0 Å². The second-order valence-electron chi connectivity index (χ2n) is 9.71. The van der Waals surface area contributed by atoms with E-state index in [0.29, 0.717) is 25.0 Å². The van der Waals surface area contributed by atoms with E-state index in [9.17, 15) is 9.90 Å². The van der Waals surface area contributed by atoms with E-state index in [4.69, 9.17) is 13.9 Å². The number of carbonyl (C=O) groups is 1. The Hall–Kier alpha value is -2.70. The Labute approximate surface area is 194 Å². The molecule has 33 heavy (non-hydrogen) atoms. The van der Waals surface area contributed by atoms with E-state index < -0.39 is 11.6 Å². The minimum Gasteiger partial charge on any atom is -0.479 e. The van der Waals surface area contributed by atoms with Crippen LogP contribution in [0.25, 0.3) is 10.8 Å². The van der Waals surface area contributed by atoms with Gasteiger partial charge in [0.2, 0.25) is 0 Å². The molecule has 1 heterocycles. The van der Waals surface area contributed by atoms with Crippen molar-refractivity contribution in [3.8, 4) is 0 Å². The van der Waals surface area contributed by atoms with Crippen molar-refractivity contribution in [1.29, 1.82) is 0 Å². The standard InChI is InChI=1S/C27H33NO5/c1-18-6-4-9-21-13-22(10-11-23(18)21)25(24-16-31-17-28-24)32-14-19-7-5-8-20(12-19)15-33-27(2,3)26(29)30/h4,6,9-11,13,16-17,19-20,25H,5,7-8,12,14-15H2,1-3H3,(H,29,30)/t19-,20+,25?/m0/s1. The molecule has 176 valence electrons. The van der Waals surface area contributed by atoms with Crippen LogP contribution in [0.15, 0.2) is 53.5 Å². The minimum atomic E-state index is -1.16. The summed E-state index contributed by atoms with van der Waals surface area (Å²) in [5.74, 6) is -0.184. The summed E-state index contributed by atoms with van der Waals surface area (Å²) in [6.45, 7) is 6.40. The third-order valence-electron chi connectivity index (χ3n) is 6.73. The van der Waals surface area contributed by atoms with Crippen molar-refractivity contribution < 1.29 is 23.8 Å². The number of hydrogen-bond acceptors (Lipinski definition) is 5. The zero-order valence-electron chi connectivity index (χ0n) is 19.6. The number of carboxylic acids is 1. The van der Waals surface area contributed by atoms with Crippen molar-refractivity contribution in [2.75, 3.05) is 13.2 Å². The quantitative estimate of drug-likeness (QED) is 0.434. The van der Waals surface area contributed by atoms with Gasteiger partial charge in [-0.05, 0) is 79.8 Å². The topological polar surface area (TPSA) is 81.8 Å². The van der Waals surface area contributed by atoms with Gasteiger partial charge in [0, 0.05) is 0 Å². The SMILES string of the molecule is Cc1cccc2cc(C(OC[C@H]3CCC[C@@H](COC(C)(C)C(=O)O)C3)c3cocn3)ccc12. The maximum absolute atomic E-state index is 11.3. The summed E-state index contributed by atoms with van der Waals surface area (Å²) in [5, 5.41) is 11.7. The average Bonchev–Trinajstić information content (AvgIpc) is 3.33. The van der Waals surface area contributed by atoms with E-state index in [1.54, 1.807) is 20.1 Å². The van der Waals surface area contributed by atoms with Gasteiger partial charge >= 0.3 is 5.97 Å². The molecular weight excluding hydrogens is 418 g/mol. The summed E-state index contributed by atoms with van der Waals surface area (Å²) < 4.78 is 17.4. The number of rotatable bonds is 9. The fourth-order valence-electron chi connectivity index (χ4n) is 4.66. The predicted molar refractivity (Wildman–Crippen MR) is 126 cm³/mol. The zero-order chi connectivity index (χ0) is 23.4. The number of hydrogen-bond donors (Lipinski definition) is 1. The molecular formula is C27H33NO5. The third-order valence-corrected chi connectivity index (χ3v) is 6.73. The second kappa shape index (κ2) is 10.1. The number of aliphatic carboxylic acids is 1. The lowest BCUT2D eigenvalue weighted by Crippen LogP contribution is -2.37. The molecule has 0 bridgehead atoms. The van der Waals surface area contributed by atoms with Gasteiger partial charge in [-0.2, -0.15) is 0 Å². The number of oxazole rings is 1. The molecule has 0 saturated heterocycles. The molecule has 6 nitrogen and oxygen atoms in total. The molecule has 0 radical (unpaired) electrons. The second-order valence-corrected chi connectivity index (χ2v) is 9.71. The molecule has 1 aliphatic rings. The Morgan fingerprint density at radius 3 is 2.73 bits per heavy atom. The van der Waals surface area contributed by atoms with E-state index in [0.717, 1.165) is 36.9 Å². The van der Waals surface area contributed by atoms with Crippen LogP contribution in [0.3, 0.4) is 0 Å². The first-order valence-electron chi connectivity index (χ1n) is 11.7. The summed E-state index contributed by atoms with van der Waals surface area (Å²) in [7, 11) is 0. The smallest absolute Gasteiger partial charge is 0.335 e. The molecule has 1 saturated carbocycles. The van der Waals surface area contributed by atoms with Crippen LogP contribution in [0.1, 0.15) is 62.5 Å². The molecule has 2 aromatic carbocycles. The van der Waals surface area contributed by atoms with Crippen LogP contribution in [-0.2, 0) is 14.3 Å². The van der Waals surface area contributed by atoms with Crippen LogP contribution in [0.5, 0.6) is 0 Å². The number of nitrogens with zero attached hydrogens (tertiary/aromatic N) is 1. The Bertz CT molecular complexity index is 1080. The van der Waals surface area contributed by atoms with Crippen molar-refractivity contribution >= 4 is 16.7 Å². The first kappa shape index (κ1) is 23.5. The maximum atomic E-state index is 11.3. The maximum Gasteiger partial charge on any atom is 0.335 e. The number of benzene rings is 2. The van der Waals surface area contributed by atoms with E-state index in [2.05, 4.69) is 48.3 Å². The van der Waals surface area contributed by atoms with Gasteiger partial charge in [0.25, 0.3) is 0 Å². The van der Waals surface area contributed by atoms with Crippen LogP contribution in [-0.4, -0.2) is 34.9 Å². The first-order valence-corrected chi connectivity index (χ1v) is 11.7. The highest BCUT2D eigenvalue weighted by molar-refractivity contribution is 5.86. The van der Waals surface area contributed by atoms with Crippen LogP contribution in [0.2, 0.25) is 0 Å². The molecule has 1 N–H and O–H groups in total. The van der Waals surface area contributed by atoms with Gasteiger partial charge < -0.3 is 19.0 Å². The highest BCUT2D eigenvalue weighted by Gasteiger charge is 2.31. The number of fused-ring (bicyclic) bond motifs is 1. The van der Waals surface area contributed by atoms with Crippen LogP contribution in [0.4, 0.5) is 0 Å². The summed E-state index contributed by atoms with van der Waals surface area (Å²) in [4.78, 5) is 15.7. The lowest BCUT2D eigenvalue weighted by Gasteiger charge is -2.32. The molecule has 3 atom stereocenters.